The first-order valence-electron chi connectivity index (χ1n) is 7.49. The first-order chi connectivity index (χ1) is 11.3. The molecule has 1 aromatic carbocycles. The van der Waals surface area contributed by atoms with Crippen LogP contribution in [0.15, 0.2) is 67.3 Å². The van der Waals surface area contributed by atoms with Crippen molar-refractivity contribution in [3.05, 3.63) is 72.8 Å². The normalized spacial score (nSPS) is 12.6. The second kappa shape index (κ2) is 5.28. The largest absolute Gasteiger partial charge is 0.494 e. The van der Waals surface area contributed by atoms with Gasteiger partial charge in [0.25, 0.3) is 0 Å². The molecular weight excluding hydrogens is 288 g/mol. The van der Waals surface area contributed by atoms with Crippen LogP contribution in [0.25, 0.3) is 16.6 Å². The third kappa shape index (κ3) is 2.17. The van der Waals surface area contributed by atoms with E-state index in [1.807, 2.05) is 58.0 Å². The van der Waals surface area contributed by atoms with Crippen molar-refractivity contribution in [2.24, 2.45) is 0 Å². The quantitative estimate of drug-likeness (QED) is 0.630. The Balaban J connectivity index is 1.86. The molecule has 0 bridgehead atoms. The van der Waals surface area contributed by atoms with Gasteiger partial charge in [0, 0.05) is 30.4 Å². The first kappa shape index (κ1) is 13.6. The van der Waals surface area contributed by atoms with Gasteiger partial charge in [-0.1, -0.05) is 18.2 Å². The molecule has 0 amide bonds. The molecule has 1 unspecified atom stereocenters. The van der Waals surface area contributed by atoms with Gasteiger partial charge < -0.3 is 9.67 Å². The van der Waals surface area contributed by atoms with E-state index in [1.165, 1.54) is 0 Å². The molecular formula is C18H16N4O. The fraction of sp³-hybridized carbons (Fsp3) is 0.111. The van der Waals surface area contributed by atoms with Crippen molar-refractivity contribution in [3.8, 4) is 11.6 Å². The third-order valence-electron chi connectivity index (χ3n) is 4.14. The fourth-order valence-corrected chi connectivity index (χ4v) is 2.95. The molecule has 0 fully saturated rings. The Kier molecular flexibility index (Phi) is 3.12. The van der Waals surface area contributed by atoms with Gasteiger partial charge in [-0.05, 0) is 31.2 Å². The predicted molar refractivity (Wildman–Crippen MR) is 88.8 cm³/mol. The molecule has 0 saturated carbocycles. The van der Waals surface area contributed by atoms with Gasteiger partial charge in [-0.15, -0.1) is 0 Å². The minimum absolute atomic E-state index is 0.0513. The molecule has 0 aliphatic carbocycles. The lowest BCUT2D eigenvalue weighted by molar-refractivity contribution is 0.412. The lowest BCUT2D eigenvalue weighted by Gasteiger charge is -2.19. The molecule has 0 saturated heterocycles. The van der Waals surface area contributed by atoms with E-state index in [2.05, 4.69) is 23.1 Å². The first-order valence-corrected chi connectivity index (χ1v) is 7.49. The fourth-order valence-electron chi connectivity index (χ4n) is 2.95. The summed E-state index contributed by atoms with van der Waals surface area (Å²) >= 11 is 0. The highest BCUT2D eigenvalue weighted by Gasteiger charge is 2.18. The second-order valence-corrected chi connectivity index (χ2v) is 5.48. The minimum Gasteiger partial charge on any atom is -0.494 e. The van der Waals surface area contributed by atoms with E-state index in [4.69, 9.17) is 0 Å². The molecule has 3 aromatic heterocycles. The SMILES string of the molecule is CC(c1ccccc1-n1cccn1)n1cc2ncccc2c1O. The molecule has 4 aromatic rings. The number of benzene rings is 1. The van der Waals surface area contributed by atoms with Gasteiger partial charge in [0.1, 0.15) is 0 Å². The van der Waals surface area contributed by atoms with Crippen LogP contribution in [0.5, 0.6) is 5.88 Å². The van der Waals surface area contributed by atoms with Crippen molar-refractivity contribution >= 4 is 10.9 Å². The minimum atomic E-state index is -0.0513. The molecule has 1 N–H and O–H groups in total. The molecule has 0 radical (unpaired) electrons. The number of aromatic nitrogens is 4. The number of hydrogen-bond acceptors (Lipinski definition) is 3. The molecule has 5 heteroatoms. The molecule has 3 heterocycles. The van der Waals surface area contributed by atoms with Crippen LogP contribution in [-0.4, -0.2) is 24.4 Å². The number of pyridine rings is 1. The third-order valence-corrected chi connectivity index (χ3v) is 4.14. The molecule has 114 valence electrons. The summed E-state index contributed by atoms with van der Waals surface area (Å²) in [6.45, 7) is 2.06. The number of hydrogen-bond donors (Lipinski definition) is 1. The van der Waals surface area contributed by atoms with E-state index in [1.54, 1.807) is 12.4 Å². The van der Waals surface area contributed by atoms with Crippen molar-refractivity contribution in [2.75, 3.05) is 0 Å². The van der Waals surface area contributed by atoms with E-state index >= 15 is 0 Å². The summed E-state index contributed by atoms with van der Waals surface area (Å²) in [7, 11) is 0. The maximum absolute atomic E-state index is 10.5. The zero-order valence-corrected chi connectivity index (χ0v) is 12.7. The zero-order valence-electron chi connectivity index (χ0n) is 12.7. The number of fused-ring (bicyclic) bond motifs is 1. The van der Waals surface area contributed by atoms with Crippen LogP contribution in [0, 0.1) is 0 Å². The Morgan fingerprint density at radius 1 is 1.04 bits per heavy atom. The Morgan fingerprint density at radius 2 is 1.91 bits per heavy atom. The highest BCUT2D eigenvalue weighted by Crippen LogP contribution is 2.33. The van der Waals surface area contributed by atoms with Crippen LogP contribution in [0.3, 0.4) is 0 Å². The molecule has 5 nitrogen and oxygen atoms in total. The van der Waals surface area contributed by atoms with E-state index in [0.717, 1.165) is 22.2 Å². The van der Waals surface area contributed by atoms with Gasteiger partial charge in [0.2, 0.25) is 5.88 Å². The Bertz CT molecular complexity index is 956. The summed E-state index contributed by atoms with van der Waals surface area (Å²) in [5.74, 6) is 0.232. The molecule has 0 spiro atoms. The lowest BCUT2D eigenvalue weighted by atomic mass is 10.1. The van der Waals surface area contributed by atoms with E-state index < -0.39 is 0 Å². The number of aromatic hydroxyl groups is 1. The summed E-state index contributed by atoms with van der Waals surface area (Å²) in [5.41, 5.74) is 2.86. The lowest BCUT2D eigenvalue weighted by Crippen LogP contribution is -2.09. The summed E-state index contributed by atoms with van der Waals surface area (Å²) in [4.78, 5) is 4.31. The predicted octanol–water partition coefficient (Wildman–Crippen LogP) is 3.54. The van der Waals surface area contributed by atoms with Crippen LogP contribution in [-0.2, 0) is 0 Å². The standard InChI is InChI=1S/C18H16N4O/c1-13(21-12-16-15(18(21)23)7-4-9-19-16)14-6-2-3-8-17(14)22-11-5-10-20-22/h2-13,23H,1H3. The maximum atomic E-state index is 10.5. The average Bonchev–Trinajstić information content (AvgIpc) is 3.23. The van der Waals surface area contributed by atoms with Crippen molar-refractivity contribution in [2.45, 2.75) is 13.0 Å². The van der Waals surface area contributed by atoms with Gasteiger partial charge >= 0.3 is 0 Å². The molecule has 1 atom stereocenters. The van der Waals surface area contributed by atoms with Gasteiger partial charge in [-0.2, -0.15) is 5.10 Å². The van der Waals surface area contributed by atoms with Crippen LogP contribution in [0.4, 0.5) is 0 Å². The van der Waals surface area contributed by atoms with Crippen molar-refractivity contribution in [1.82, 2.24) is 19.3 Å². The van der Waals surface area contributed by atoms with E-state index in [-0.39, 0.29) is 11.9 Å². The summed E-state index contributed by atoms with van der Waals surface area (Å²) in [6, 6.07) is 13.6. The van der Waals surface area contributed by atoms with Crippen molar-refractivity contribution in [3.63, 3.8) is 0 Å². The second-order valence-electron chi connectivity index (χ2n) is 5.48. The van der Waals surface area contributed by atoms with Crippen LogP contribution in [0.2, 0.25) is 0 Å². The van der Waals surface area contributed by atoms with Crippen molar-refractivity contribution in [1.29, 1.82) is 0 Å². The molecule has 0 aliphatic heterocycles. The number of rotatable bonds is 3. The summed E-state index contributed by atoms with van der Waals surface area (Å²) in [5, 5.41) is 15.6. The van der Waals surface area contributed by atoms with Gasteiger partial charge in [0.15, 0.2) is 0 Å². The van der Waals surface area contributed by atoms with Gasteiger partial charge in [0.05, 0.1) is 22.6 Å². The Labute approximate surface area is 133 Å². The average molecular weight is 304 g/mol. The van der Waals surface area contributed by atoms with E-state index in [9.17, 15) is 5.11 Å². The van der Waals surface area contributed by atoms with Gasteiger partial charge in [-0.25, -0.2) is 4.68 Å². The van der Waals surface area contributed by atoms with Crippen LogP contribution in [0.1, 0.15) is 18.5 Å². The molecule has 4 rings (SSSR count). The highest BCUT2D eigenvalue weighted by molar-refractivity contribution is 5.84. The number of para-hydroxylation sites is 1. The van der Waals surface area contributed by atoms with E-state index in [0.29, 0.717) is 0 Å². The highest BCUT2D eigenvalue weighted by atomic mass is 16.3. The summed E-state index contributed by atoms with van der Waals surface area (Å²) in [6.07, 6.45) is 7.29. The molecule has 23 heavy (non-hydrogen) atoms. The Morgan fingerprint density at radius 3 is 2.70 bits per heavy atom. The monoisotopic (exact) mass is 304 g/mol. The zero-order chi connectivity index (χ0) is 15.8. The Hall–Kier alpha value is -3.08. The smallest absolute Gasteiger partial charge is 0.201 e. The summed E-state index contributed by atoms with van der Waals surface area (Å²) < 4.78 is 3.68. The number of nitrogens with zero attached hydrogens (tertiary/aromatic N) is 4. The molecule has 0 aliphatic rings. The van der Waals surface area contributed by atoms with Crippen LogP contribution < -0.4 is 0 Å². The van der Waals surface area contributed by atoms with Crippen molar-refractivity contribution < 1.29 is 5.11 Å². The maximum Gasteiger partial charge on any atom is 0.201 e. The van der Waals surface area contributed by atoms with Gasteiger partial charge in [-0.3, -0.25) is 4.98 Å². The van der Waals surface area contributed by atoms with Crippen LogP contribution >= 0.6 is 0 Å². The topological polar surface area (TPSA) is 55.9 Å².